The van der Waals surface area contributed by atoms with Crippen molar-refractivity contribution in [2.75, 3.05) is 27.2 Å². The third-order valence-corrected chi connectivity index (χ3v) is 4.02. The van der Waals surface area contributed by atoms with Crippen LogP contribution < -0.4 is 16.6 Å². The van der Waals surface area contributed by atoms with E-state index in [-0.39, 0.29) is 17.3 Å². The van der Waals surface area contributed by atoms with E-state index in [0.717, 1.165) is 25.8 Å². The van der Waals surface area contributed by atoms with Crippen molar-refractivity contribution in [3.63, 3.8) is 0 Å². The van der Waals surface area contributed by atoms with E-state index in [9.17, 15) is 14.4 Å². The lowest BCUT2D eigenvalue weighted by Crippen LogP contribution is -2.31. The highest BCUT2D eigenvalue weighted by Gasteiger charge is 2.27. The van der Waals surface area contributed by atoms with E-state index in [1.54, 1.807) is 0 Å². The molecule has 8 nitrogen and oxygen atoms in total. The molecule has 0 aliphatic heterocycles. The van der Waals surface area contributed by atoms with Gasteiger partial charge in [-0.25, -0.2) is 9.78 Å². The minimum atomic E-state index is -0.512. The zero-order valence-electron chi connectivity index (χ0n) is 13.8. The Morgan fingerprint density at radius 1 is 1.42 bits per heavy atom. The fraction of sp³-hybridized carbons (Fsp3) is 0.500. The fourth-order valence-corrected chi connectivity index (χ4v) is 2.63. The van der Waals surface area contributed by atoms with Gasteiger partial charge < -0.3 is 10.2 Å². The van der Waals surface area contributed by atoms with E-state index in [1.807, 2.05) is 19.0 Å². The molecule has 3 rings (SSSR count). The van der Waals surface area contributed by atoms with Crippen molar-refractivity contribution in [1.82, 2.24) is 24.8 Å². The molecule has 0 aromatic carbocycles. The molecule has 8 heteroatoms. The van der Waals surface area contributed by atoms with E-state index >= 15 is 0 Å². The molecule has 2 heterocycles. The first-order chi connectivity index (χ1) is 11.5. The first-order valence-corrected chi connectivity index (χ1v) is 8.05. The molecule has 24 heavy (non-hydrogen) atoms. The number of carbonyl (C=O) groups is 1. The first-order valence-electron chi connectivity index (χ1n) is 8.05. The van der Waals surface area contributed by atoms with Gasteiger partial charge in [0, 0.05) is 18.8 Å². The molecular weight excluding hydrogens is 310 g/mol. The van der Waals surface area contributed by atoms with Crippen LogP contribution in [0.15, 0.2) is 21.9 Å². The Hall–Kier alpha value is -2.48. The van der Waals surface area contributed by atoms with Crippen LogP contribution in [0.25, 0.3) is 11.0 Å². The van der Waals surface area contributed by atoms with Crippen molar-refractivity contribution in [1.29, 1.82) is 0 Å². The number of nitrogens with one attached hydrogen (secondary N) is 2. The summed E-state index contributed by atoms with van der Waals surface area (Å²) in [6.45, 7) is 1.43. The number of nitrogens with zero attached hydrogens (tertiary/aromatic N) is 3. The molecule has 2 aromatic heterocycles. The van der Waals surface area contributed by atoms with Crippen molar-refractivity contribution in [3.05, 3.63) is 38.7 Å². The Morgan fingerprint density at radius 3 is 2.83 bits per heavy atom. The molecule has 1 fully saturated rings. The summed E-state index contributed by atoms with van der Waals surface area (Å²) in [6.07, 6.45) is 4.05. The summed E-state index contributed by atoms with van der Waals surface area (Å²) in [5.41, 5.74) is -0.292. The minimum absolute atomic E-state index is 0.0926. The SMILES string of the molecule is CN(C)CCCNC(=O)c1cnc2c(c1)c(=O)[nH]c(=O)n2C1CC1. The van der Waals surface area contributed by atoms with Gasteiger partial charge in [-0.3, -0.25) is 19.1 Å². The maximum absolute atomic E-state index is 12.2. The lowest BCUT2D eigenvalue weighted by Gasteiger charge is -2.10. The smallest absolute Gasteiger partial charge is 0.330 e. The van der Waals surface area contributed by atoms with Crippen LogP contribution in [0.3, 0.4) is 0 Å². The van der Waals surface area contributed by atoms with E-state index in [2.05, 4.69) is 15.3 Å². The molecule has 1 aliphatic carbocycles. The second-order valence-electron chi connectivity index (χ2n) is 6.37. The first kappa shape index (κ1) is 16.4. The topological polar surface area (TPSA) is 100 Å². The van der Waals surface area contributed by atoms with Gasteiger partial charge in [0.2, 0.25) is 0 Å². The molecule has 2 aromatic rings. The van der Waals surface area contributed by atoms with Crippen molar-refractivity contribution >= 4 is 16.9 Å². The average Bonchev–Trinajstić information content (AvgIpc) is 3.35. The van der Waals surface area contributed by atoms with Crippen molar-refractivity contribution < 1.29 is 4.79 Å². The zero-order chi connectivity index (χ0) is 17.3. The lowest BCUT2D eigenvalue weighted by atomic mass is 10.2. The highest BCUT2D eigenvalue weighted by atomic mass is 16.2. The number of carbonyl (C=O) groups excluding carboxylic acids is 1. The van der Waals surface area contributed by atoms with Crippen LogP contribution in [0.2, 0.25) is 0 Å². The van der Waals surface area contributed by atoms with Gasteiger partial charge in [-0.05, 0) is 46.0 Å². The van der Waals surface area contributed by atoms with Gasteiger partial charge in [0.15, 0.2) is 0 Å². The molecule has 1 saturated carbocycles. The molecule has 1 amide bonds. The standard InChI is InChI=1S/C16H21N5O3/c1-20(2)7-3-6-17-14(22)10-8-12-13(18-9-10)21(11-4-5-11)16(24)19-15(12)23/h8-9,11H,3-7H2,1-2H3,(H,17,22)(H,19,23,24). The van der Waals surface area contributed by atoms with E-state index in [0.29, 0.717) is 17.8 Å². The Balaban J connectivity index is 1.85. The summed E-state index contributed by atoms with van der Waals surface area (Å²) in [7, 11) is 3.95. The highest BCUT2D eigenvalue weighted by molar-refractivity contribution is 5.96. The molecule has 0 saturated heterocycles. The van der Waals surface area contributed by atoms with E-state index < -0.39 is 11.2 Å². The minimum Gasteiger partial charge on any atom is -0.352 e. The quantitative estimate of drug-likeness (QED) is 0.731. The van der Waals surface area contributed by atoms with Crippen LogP contribution >= 0.6 is 0 Å². The molecule has 0 bridgehead atoms. The summed E-state index contributed by atoms with van der Waals surface area (Å²) in [4.78, 5) is 44.8. The van der Waals surface area contributed by atoms with Gasteiger partial charge in [-0.1, -0.05) is 0 Å². The number of fused-ring (bicyclic) bond motifs is 1. The normalized spacial score (nSPS) is 14.3. The molecule has 0 spiro atoms. The predicted octanol–water partition coefficient (Wildman–Crippen LogP) is 0.101. The summed E-state index contributed by atoms with van der Waals surface area (Å²) >= 11 is 0. The molecule has 1 aliphatic rings. The summed E-state index contributed by atoms with van der Waals surface area (Å²) < 4.78 is 1.51. The number of pyridine rings is 1. The van der Waals surface area contributed by atoms with Crippen LogP contribution in [0.5, 0.6) is 0 Å². The van der Waals surface area contributed by atoms with Gasteiger partial charge in [0.05, 0.1) is 10.9 Å². The zero-order valence-corrected chi connectivity index (χ0v) is 13.8. The van der Waals surface area contributed by atoms with Crippen LogP contribution in [-0.2, 0) is 0 Å². The second kappa shape index (κ2) is 6.56. The van der Waals surface area contributed by atoms with Gasteiger partial charge >= 0.3 is 5.69 Å². The van der Waals surface area contributed by atoms with Gasteiger partial charge in [0.1, 0.15) is 5.65 Å². The van der Waals surface area contributed by atoms with Crippen molar-refractivity contribution in [2.45, 2.75) is 25.3 Å². The Morgan fingerprint density at radius 2 is 2.17 bits per heavy atom. The Kier molecular flexibility index (Phi) is 4.48. The molecule has 0 radical (unpaired) electrons. The fourth-order valence-electron chi connectivity index (χ4n) is 2.63. The van der Waals surface area contributed by atoms with Crippen molar-refractivity contribution in [2.24, 2.45) is 0 Å². The number of H-pyrrole nitrogens is 1. The largest absolute Gasteiger partial charge is 0.352 e. The number of rotatable bonds is 6. The lowest BCUT2D eigenvalue weighted by molar-refractivity contribution is 0.0952. The van der Waals surface area contributed by atoms with Gasteiger partial charge in [0.25, 0.3) is 11.5 Å². The van der Waals surface area contributed by atoms with Crippen LogP contribution in [0, 0.1) is 0 Å². The maximum Gasteiger partial charge on any atom is 0.330 e. The molecular formula is C16H21N5O3. The molecule has 0 atom stereocenters. The Labute approximate surface area is 138 Å². The average molecular weight is 331 g/mol. The monoisotopic (exact) mass is 331 g/mol. The Bertz CT molecular complexity index is 879. The maximum atomic E-state index is 12.2. The van der Waals surface area contributed by atoms with Crippen LogP contribution in [-0.4, -0.2) is 52.5 Å². The van der Waals surface area contributed by atoms with Crippen LogP contribution in [0.1, 0.15) is 35.7 Å². The van der Waals surface area contributed by atoms with Gasteiger partial charge in [-0.15, -0.1) is 0 Å². The number of hydrogen-bond acceptors (Lipinski definition) is 5. The van der Waals surface area contributed by atoms with Crippen molar-refractivity contribution in [3.8, 4) is 0 Å². The van der Waals surface area contributed by atoms with Gasteiger partial charge in [-0.2, -0.15) is 0 Å². The summed E-state index contributed by atoms with van der Waals surface area (Å²) in [5.74, 6) is -0.272. The number of aromatic amines is 1. The third kappa shape index (κ3) is 3.38. The predicted molar refractivity (Wildman–Crippen MR) is 90.4 cm³/mol. The summed E-state index contributed by atoms with van der Waals surface area (Å²) in [5, 5.41) is 3.08. The number of aromatic nitrogens is 3. The number of amides is 1. The van der Waals surface area contributed by atoms with E-state index in [1.165, 1.54) is 16.8 Å². The van der Waals surface area contributed by atoms with Crippen LogP contribution in [0.4, 0.5) is 0 Å². The third-order valence-electron chi connectivity index (χ3n) is 4.02. The molecule has 2 N–H and O–H groups in total. The van der Waals surface area contributed by atoms with E-state index in [4.69, 9.17) is 0 Å². The number of hydrogen-bond donors (Lipinski definition) is 2. The summed E-state index contributed by atoms with van der Waals surface area (Å²) in [6, 6.07) is 1.59. The molecule has 0 unspecified atom stereocenters. The molecule has 128 valence electrons. The second-order valence-corrected chi connectivity index (χ2v) is 6.37. The highest BCUT2D eigenvalue weighted by Crippen LogP contribution is 2.34.